The van der Waals surface area contributed by atoms with Crippen LogP contribution in [0.1, 0.15) is 39.0 Å². The summed E-state index contributed by atoms with van der Waals surface area (Å²) in [5.74, 6) is 0.711. The van der Waals surface area contributed by atoms with Gasteiger partial charge in [-0.2, -0.15) is 0 Å². The maximum absolute atomic E-state index is 5.80. The van der Waals surface area contributed by atoms with Crippen LogP contribution in [0.25, 0.3) is 0 Å². The zero-order valence-corrected chi connectivity index (χ0v) is 9.13. The van der Waals surface area contributed by atoms with E-state index in [0.29, 0.717) is 5.92 Å². The van der Waals surface area contributed by atoms with E-state index in [1.165, 1.54) is 38.6 Å². The van der Waals surface area contributed by atoms with Crippen molar-refractivity contribution >= 4 is 0 Å². The molecule has 2 nitrogen and oxygen atoms in total. The first kappa shape index (κ1) is 11.0. The van der Waals surface area contributed by atoms with Crippen LogP contribution in [0.3, 0.4) is 0 Å². The minimum Gasteiger partial charge on any atom is -0.330 e. The molecule has 0 radical (unpaired) electrons. The van der Waals surface area contributed by atoms with Crippen LogP contribution >= 0.6 is 0 Å². The molecular weight excluding hydrogens is 160 g/mol. The van der Waals surface area contributed by atoms with Gasteiger partial charge in [-0.3, -0.25) is 0 Å². The first-order valence-corrected chi connectivity index (χ1v) is 5.70. The molecule has 2 unspecified atom stereocenters. The normalized spacial score (nSPS) is 28.4. The lowest BCUT2D eigenvalue weighted by atomic mass is 9.92. The monoisotopic (exact) mass is 184 g/mol. The lowest BCUT2D eigenvalue weighted by Crippen LogP contribution is -2.40. The Morgan fingerprint density at radius 1 is 1.38 bits per heavy atom. The Hall–Kier alpha value is -0.0800. The molecule has 2 N–H and O–H groups in total. The Labute approximate surface area is 82.5 Å². The van der Waals surface area contributed by atoms with Gasteiger partial charge in [0.15, 0.2) is 0 Å². The van der Waals surface area contributed by atoms with Gasteiger partial charge in [-0.15, -0.1) is 0 Å². The predicted molar refractivity (Wildman–Crippen MR) is 57.7 cm³/mol. The molecule has 0 spiro atoms. The molecule has 1 fully saturated rings. The highest BCUT2D eigenvalue weighted by molar-refractivity contribution is 4.79. The molecule has 1 saturated heterocycles. The second-order valence-electron chi connectivity index (χ2n) is 4.30. The van der Waals surface area contributed by atoms with Gasteiger partial charge in [-0.05, 0) is 38.9 Å². The number of hydrogen-bond donors (Lipinski definition) is 1. The summed E-state index contributed by atoms with van der Waals surface area (Å²) in [5.41, 5.74) is 5.80. The third-order valence-electron chi connectivity index (χ3n) is 3.45. The van der Waals surface area contributed by atoms with Crippen molar-refractivity contribution in [3.05, 3.63) is 0 Å². The van der Waals surface area contributed by atoms with E-state index in [9.17, 15) is 0 Å². The highest BCUT2D eigenvalue weighted by Gasteiger charge is 2.23. The van der Waals surface area contributed by atoms with E-state index in [4.69, 9.17) is 5.73 Å². The summed E-state index contributed by atoms with van der Waals surface area (Å²) in [6.07, 6.45) is 6.75. The van der Waals surface area contributed by atoms with Crippen molar-refractivity contribution in [3.63, 3.8) is 0 Å². The van der Waals surface area contributed by atoms with E-state index in [1.54, 1.807) is 0 Å². The summed E-state index contributed by atoms with van der Waals surface area (Å²) in [7, 11) is 2.26. The second-order valence-corrected chi connectivity index (χ2v) is 4.30. The highest BCUT2D eigenvalue weighted by Crippen LogP contribution is 2.22. The predicted octanol–water partition coefficient (Wildman–Crippen LogP) is 1.85. The van der Waals surface area contributed by atoms with Crippen molar-refractivity contribution in [2.75, 3.05) is 20.1 Å². The number of likely N-dealkylation sites (tertiary alicyclic amines) is 1. The van der Waals surface area contributed by atoms with E-state index in [-0.39, 0.29) is 0 Å². The summed E-state index contributed by atoms with van der Waals surface area (Å²) in [6, 6.07) is 0.748. The molecule has 1 rings (SSSR count). The average Bonchev–Trinajstić information content (AvgIpc) is 2.34. The molecule has 1 aliphatic rings. The molecule has 0 saturated carbocycles. The summed E-state index contributed by atoms with van der Waals surface area (Å²) < 4.78 is 0. The van der Waals surface area contributed by atoms with Crippen molar-refractivity contribution in [1.29, 1.82) is 0 Å². The Morgan fingerprint density at radius 3 is 2.77 bits per heavy atom. The molecule has 0 aromatic carbocycles. The fourth-order valence-electron chi connectivity index (χ4n) is 2.47. The van der Waals surface area contributed by atoms with E-state index in [2.05, 4.69) is 18.9 Å². The molecule has 0 aliphatic carbocycles. The van der Waals surface area contributed by atoms with Crippen molar-refractivity contribution in [2.45, 2.75) is 45.1 Å². The molecular formula is C11H24N2. The minimum absolute atomic E-state index is 0.711. The standard InChI is InChI=1S/C11H24N2/c1-3-10(9-12)11-7-5-4-6-8-13(11)2/h10-11H,3-9,12H2,1-2H3. The quantitative estimate of drug-likeness (QED) is 0.725. The Morgan fingerprint density at radius 2 is 2.15 bits per heavy atom. The summed E-state index contributed by atoms with van der Waals surface area (Å²) >= 11 is 0. The number of nitrogens with two attached hydrogens (primary N) is 1. The van der Waals surface area contributed by atoms with Gasteiger partial charge in [0.05, 0.1) is 0 Å². The first-order valence-electron chi connectivity index (χ1n) is 5.70. The molecule has 0 bridgehead atoms. The SMILES string of the molecule is CCC(CN)C1CCCCCN1C. The second kappa shape index (κ2) is 5.61. The number of hydrogen-bond acceptors (Lipinski definition) is 2. The zero-order chi connectivity index (χ0) is 9.68. The average molecular weight is 184 g/mol. The number of rotatable bonds is 3. The van der Waals surface area contributed by atoms with Crippen LogP contribution in [-0.2, 0) is 0 Å². The Bertz CT molecular complexity index is 132. The molecule has 0 amide bonds. The lowest BCUT2D eigenvalue weighted by molar-refractivity contribution is 0.176. The van der Waals surface area contributed by atoms with E-state index >= 15 is 0 Å². The van der Waals surface area contributed by atoms with Gasteiger partial charge in [0.25, 0.3) is 0 Å². The van der Waals surface area contributed by atoms with Crippen LogP contribution in [-0.4, -0.2) is 31.1 Å². The molecule has 0 aromatic rings. The molecule has 2 heteroatoms. The van der Waals surface area contributed by atoms with Crippen molar-refractivity contribution < 1.29 is 0 Å². The molecule has 13 heavy (non-hydrogen) atoms. The molecule has 1 aliphatic heterocycles. The van der Waals surface area contributed by atoms with Gasteiger partial charge in [-0.1, -0.05) is 26.2 Å². The summed E-state index contributed by atoms with van der Waals surface area (Å²) in [4.78, 5) is 2.52. The molecule has 78 valence electrons. The molecule has 2 atom stereocenters. The van der Waals surface area contributed by atoms with E-state index in [1.807, 2.05) is 0 Å². The lowest BCUT2D eigenvalue weighted by Gasteiger charge is -2.32. The number of nitrogens with zero attached hydrogens (tertiary/aromatic N) is 1. The fourth-order valence-corrected chi connectivity index (χ4v) is 2.47. The first-order chi connectivity index (χ1) is 6.29. The van der Waals surface area contributed by atoms with Crippen LogP contribution in [0.5, 0.6) is 0 Å². The van der Waals surface area contributed by atoms with Crippen LogP contribution in [0.15, 0.2) is 0 Å². The topological polar surface area (TPSA) is 29.3 Å². The minimum atomic E-state index is 0.711. The van der Waals surface area contributed by atoms with Gasteiger partial charge in [0, 0.05) is 6.04 Å². The maximum Gasteiger partial charge on any atom is 0.0132 e. The van der Waals surface area contributed by atoms with Crippen LogP contribution in [0, 0.1) is 5.92 Å². The zero-order valence-electron chi connectivity index (χ0n) is 9.13. The van der Waals surface area contributed by atoms with E-state index in [0.717, 1.165) is 12.6 Å². The largest absolute Gasteiger partial charge is 0.330 e. The Balaban J connectivity index is 2.51. The van der Waals surface area contributed by atoms with Crippen LogP contribution in [0.2, 0.25) is 0 Å². The third-order valence-corrected chi connectivity index (χ3v) is 3.45. The third kappa shape index (κ3) is 2.96. The molecule has 0 aromatic heterocycles. The van der Waals surface area contributed by atoms with Crippen LogP contribution < -0.4 is 5.73 Å². The maximum atomic E-state index is 5.80. The summed E-state index contributed by atoms with van der Waals surface area (Å²) in [5, 5.41) is 0. The Kier molecular flexibility index (Phi) is 4.74. The van der Waals surface area contributed by atoms with Gasteiger partial charge < -0.3 is 10.6 Å². The smallest absolute Gasteiger partial charge is 0.0132 e. The van der Waals surface area contributed by atoms with Gasteiger partial charge in [-0.25, -0.2) is 0 Å². The van der Waals surface area contributed by atoms with Gasteiger partial charge in [0.2, 0.25) is 0 Å². The van der Waals surface area contributed by atoms with Gasteiger partial charge in [0.1, 0.15) is 0 Å². The van der Waals surface area contributed by atoms with Crippen LogP contribution in [0.4, 0.5) is 0 Å². The van der Waals surface area contributed by atoms with Crippen molar-refractivity contribution in [2.24, 2.45) is 11.7 Å². The highest BCUT2D eigenvalue weighted by atomic mass is 15.1. The van der Waals surface area contributed by atoms with Crippen molar-refractivity contribution in [3.8, 4) is 0 Å². The molecule has 1 heterocycles. The van der Waals surface area contributed by atoms with Crippen molar-refractivity contribution in [1.82, 2.24) is 4.90 Å². The van der Waals surface area contributed by atoms with Gasteiger partial charge >= 0.3 is 0 Å². The fraction of sp³-hybridized carbons (Fsp3) is 1.00. The van der Waals surface area contributed by atoms with E-state index < -0.39 is 0 Å². The summed E-state index contributed by atoms with van der Waals surface area (Å²) in [6.45, 7) is 4.38.